The molecule has 0 heterocycles. The normalized spacial score (nSPS) is 22.0. The third kappa shape index (κ3) is 15.3. The Hall–Kier alpha value is -0.650. The number of hydrogen-bond donors (Lipinski definition) is 4. The van der Waals surface area contributed by atoms with Crippen molar-refractivity contribution in [3.8, 4) is 0 Å². The number of carbonyl (C=O) groups excluding carboxylic acids is 1. The van der Waals surface area contributed by atoms with Crippen LogP contribution in [-0.4, -0.2) is 34.0 Å². The summed E-state index contributed by atoms with van der Waals surface area (Å²) in [6.45, 7) is 10.6. The van der Waals surface area contributed by atoms with Gasteiger partial charge in [0, 0.05) is 18.0 Å². The molecular weight excluding hydrogens is 244 g/mol. The van der Waals surface area contributed by atoms with Crippen LogP contribution in [0, 0.1) is 5.92 Å². The van der Waals surface area contributed by atoms with Crippen LogP contribution in [0.4, 0.5) is 0 Å². The summed E-state index contributed by atoms with van der Waals surface area (Å²) in [5.41, 5.74) is 5.71. The van der Waals surface area contributed by atoms with Gasteiger partial charge in [0.2, 0.25) is 5.91 Å². The van der Waals surface area contributed by atoms with Gasteiger partial charge in [-0.3, -0.25) is 4.79 Å². The minimum absolute atomic E-state index is 0.169. The zero-order valence-corrected chi connectivity index (χ0v) is 13.2. The molecule has 19 heavy (non-hydrogen) atoms. The van der Waals surface area contributed by atoms with Gasteiger partial charge >= 0.3 is 0 Å². The van der Waals surface area contributed by atoms with Crippen molar-refractivity contribution < 1.29 is 15.0 Å². The maximum absolute atomic E-state index is 11.4. The molecule has 5 N–H and O–H groups in total. The SMILES string of the molecule is CC.CC(C)(O)O.CC(C)NC(=O)C1CCC(N)C1. The first-order valence-electron chi connectivity index (χ1n) is 7.10. The molecule has 1 aliphatic carbocycles. The Labute approximate surface area is 117 Å². The quantitative estimate of drug-likeness (QED) is 0.573. The largest absolute Gasteiger partial charge is 0.366 e. The molecule has 1 saturated carbocycles. The highest BCUT2D eigenvalue weighted by atomic mass is 16.5. The van der Waals surface area contributed by atoms with Gasteiger partial charge in [-0.15, -0.1) is 0 Å². The third-order valence-electron chi connectivity index (χ3n) is 2.27. The van der Waals surface area contributed by atoms with Crippen LogP contribution in [0.25, 0.3) is 0 Å². The summed E-state index contributed by atoms with van der Waals surface area (Å²) in [5.74, 6) is -1.15. The lowest BCUT2D eigenvalue weighted by atomic mass is 10.1. The Balaban J connectivity index is 0. The second kappa shape index (κ2) is 10.2. The highest BCUT2D eigenvalue weighted by Gasteiger charge is 2.27. The predicted molar refractivity (Wildman–Crippen MR) is 78.5 cm³/mol. The molecule has 2 unspecified atom stereocenters. The lowest BCUT2D eigenvalue weighted by molar-refractivity contribution is -0.127. The molecule has 0 aromatic carbocycles. The van der Waals surface area contributed by atoms with Crippen molar-refractivity contribution in [1.82, 2.24) is 5.32 Å². The van der Waals surface area contributed by atoms with Crippen molar-refractivity contribution >= 4 is 5.91 Å². The zero-order chi connectivity index (χ0) is 15.6. The van der Waals surface area contributed by atoms with Crippen LogP contribution in [0.3, 0.4) is 0 Å². The summed E-state index contributed by atoms with van der Waals surface area (Å²) >= 11 is 0. The van der Waals surface area contributed by atoms with Crippen LogP contribution in [0.1, 0.15) is 60.8 Å². The molecule has 116 valence electrons. The minimum Gasteiger partial charge on any atom is -0.366 e. The zero-order valence-electron chi connectivity index (χ0n) is 13.2. The Kier molecular flexibility index (Phi) is 11.1. The highest BCUT2D eigenvalue weighted by Crippen LogP contribution is 2.24. The monoisotopic (exact) mass is 276 g/mol. The van der Waals surface area contributed by atoms with E-state index < -0.39 is 5.79 Å². The molecule has 5 heteroatoms. The fraction of sp³-hybridized carbons (Fsp3) is 0.929. The van der Waals surface area contributed by atoms with Crippen molar-refractivity contribution in [2.24, 2.45) is 11.7 Å². The van der Waals surface area contributed by atoms with Crippen LogP contribution in [-0.2, 0) is 4.79 Å². The molecule has 1 fully saturated rings. The number of hydrogen-bond acceptors (Lipinski definition) is 4. The third-order valence-corrected chi connectivity index (χ3v) is 2.27. The van der Waals surface area contributed by atoms with Gasteiger partial charge in [0.25, 0.3) is 0 Å². The standard InChI is InChI=1S/C9H18N2O.C3H8O2.C2H6/c1-6(2)11-9(12)7-3-4-8(10)5-7;1-3(2,4)5;1-2/h6-8H,3-5,10H2,1-2H3,(H,11,12);4-5H,1-2H3;1-2H3. The Bertz CT molecular complexity index is 231. The summed E-state index contributed by atoms with van der Waals surface area (Å²) in [7, 11) is 0. The van der Waals surface area contributed by atoms with Crippen molar-refractivity contribution in [3.63, 3.8) is 0 Å². The van der Waals surface area contributed by atoms with Gasteiger partial charge in [0.15, 0.2) is 5.79 Å². The molecule has 0 spiro atoms. The van der Waals surface area contributed by atoms with Crippen molar-refractivity contribution in [1.29, 1.82) is 0 Å². The molecule has 0 saturated heterocycles. The Morgan fingerprint density at radius 2 is 1.68 bits per heavy atom. The van der Waals surface area contributed by atoms with Gasteiger partial charge < -0.3 is 21.3 Å². The predicted octanol–water partition coefficient (Wildman–Crippen LogP) is 1.37. The number of rotatable bonds is 2. The molecule has 0 bridgehead atoms. The average molecular weight is 276 g/mol. The van der Waals surface area contributed by atoms with E-state index >= 15 is 0 Å². The second-order valence-corrected chi connectivity index (χ2v) is 5.43. The maximum atomic E-state index is 11.4. The molecule has 2 atom stereocenters. The van der Waals surface area contributed by atoms with E-state index in [2.05, 4.69) is 5.32 Å². The summed E-state index contributed by atoms with van der Waals surface area (Å²) in [5, 5.41) is 19.1. The molecule has 0 aromatic heterocycles. The van der Waals surface area contributed by atoms with E-state index in [1.54, 1.807) is 0 Å². The van der Waals surface area contributed by atoms with E-state index in [1.165, 1.54) is 13.8 Å². The number of aliphatic hydroxyl groups is 2. The first kappa shape index (κ1) is 20.7. The van der Waals surface area contributed by atoms with E-state index in [1.807, 2.05) is 27.7 Å². The number of nitrogens with one attached hydrogen (secondary N) is 1. The van der Waals surface area contributed by atoms with Crippen LogP contribution < -0.4 is 11.1 Å². The topological polar surface area (TPSA) is 95.6 Å². The number of nitrogens with two attached hydrogens (primary N) is 1. The van der Waals surface area contributed by atoms with E-state index in [-0.39, 0.29) is 23.9 Å². The maximum Gasteiger partial charge on any atom is 0.223 e. The smallest absolute Gasteiger partial charge is 0.223 e. The van der Waals surface area contributed by atoms with E-state index in [0.29, 0.717) is 0 Å². The fourth-order valence-electron chi connectivity index (χ4n) is 1.66. The highest BCUT2D eigenvalue weighted by molar-refractivity contribution is 5.79. The van der Waals surface area contributed by atoms with Crippen LogP contribution in [0.15, 0.2) is 0 Å². The molecule has 5 nitrogen and oxygen atoms in total. The summed E-state index contributed by atoms with van der Waals surface area (Å²) in [6.07, 6.45) is 2.81. The van der Waals surface area contributed by atoms with Gasteiger partial charge in [-0.1, -0.05) is 13.8 Å². The first-order chi connectivity index (χ1) is 8.59. The molecule has 1 aliphatic rings. The number of amides is 1. The van der Waals surface area contributed by atoms with E-state index in [4.69, 9.17) is 15.9 Å². The Morgan fingerprint density at radius 1 is 1.26 bits per heavy atom. The van der Waals surface area contributed by atoms with E-state index in [0.717, 1.165) is 19.3 Å². The van der Waals surface area contributed by atoms with Gasteiger partial charge in [-0.2, -0.15) is 0 Å². The van der Waals surface area contributed by atoms with Crippen LogP contribution in [0.5, 0.6) is 0 Å². The lowest BCUT2D eigenvalue weighted by Gasteiger charge is -2.12. The second-order valence-electron chi connectivity index (χ2n) is 5.43. The summed E-state index contributed by atoms with van der Waals surface area (Å²) in [4.78, 5) is 11.4. The summed E-state index contributed by atoms with van der Waals surface area (Å²) < 4.78 is 0. The van der Waals surface area contributed by atoms with Gasteiger partial charge in [0.05, 0.1) is 0 Å². The van der Waals surface area contributed by atoms with Crippen LogP contribution in [0.2, 0.25) is 0 Å². The summed E-state index contributed by atoms with van der Waals surface area (Å²) in [6, 6.07) is 0.488. The van der Waals surface area contributed by atoms with Gasteiger partial charge in [0.1, 0.15) is 0 Å². The van der Waals surface area contributed by atoms with Crippen molar-refractivity contribution in [2.45, 2.75) is 78.7 Å². The number of carbonyl (C=O) groups is 1. The molecule has 0 aromatic rings. The van der Waals surface area contributed by atoms with E-state index in [9.17, 15) is 4.79 Å². The molecule has 0 aliphatic heterocycles. The average Bonchev–Trinajstić information content (AvgIpc) is 2.64. The molecule has 1 amide bonds. The minimum atomic E-state index is -1.50. The fourth-order valence-corrected chi connectivity index (χ4v) is 1.66. The van der Waals surface area contributed by atoms with Crippen molar-refractivity contribution in [2.75, 3.05) is 0 Å². The van der Waals surface area contributed by atoms with Gasteiger partial charge in [-0.25, -0.2) is 0 Å². The Morgan fingerprint density at radius 3 is 1.95 bits per heavy atom. The van der Waals surface area contributed by atoms with Crippen LogP contribution >= 0.6 is 0 Å². The molecular formula is C14H32N2O3. The molecule has 0 radical (unpaired) electrons. The molecule has 1 rings (SSSR count). The van der Waals surface area contributed by atoms with Crippen molar-refractivity contribution in [3.05, 3.63) is 0 Å². The first-order valence-corrected chi connectivity index (χ1v) is 7.10. The lowest BCUT2D eigenvalue weighted by Crippen LogP contribution is -2.35. The van der Waals surface area contributed by atoms with Gasteiger partial charge in [-0.05, 0) is 47.0 Å².